The Hall–Kier alpha value is -2.29. The number of amides is 1. The smallest absolute Gasteiger partial charge is 0.259 e. The number of hydrogen-bond donors (Lipinski definition) is 1. The third-order valence-electron chi connectivity index (χ3n) is 10.9. The fraction of sp³-hybridized carbons (Fsp3) is 0.512. The van der Waals surface area contributed by atoms with Crippen molar-refractivity contribution in [3.05, 3.63) is 79.2 Å². The van der Waals surface area contributed by atoms with Crippen LogP contribution >= 0.6 is 45.3 Å². The number of unbranched alkanes of at least 4 members (excludes halogenated alkanes) is 2. The number of carbonyl (C=O) groups excluding carboxylic acids is 1. The molecule has 6 rings (SSSR count). The molecule has 4 atom stereocenters. The number of allylic oxidation sites excluding steroid dienone is 1. The van der Waals surface area contributed by atoms with E-state index in [4.69, 9.17) is 0 Å². The van der Waals surface area contributed by atoms with E-state index < -0.39 is 6.10 Å². The second kappa shape index (κ2) is 17.0. The summed E-state index contributed by atoms with van der Waals surface area (Å²) < 4.78 is 0. The summed E-state index contributed by atoms with van der Waals surface area (Å²) in [6.45, 7) is 14.1. The van der Waals surface area contributed by atoms with Crippen molar-refractivity contribution >= 4 is 62.5 Å². The Morgan fingerprint density at radius 3 is 1.80 bits per heavy atom. The zero-order valence-corrected chi connectivity index (χ0v) is 34.1. The largest absolute Gasteiger partial charge is 0.388 e. The number of aliphatic hydroxyl groups excluding tert-OH is 1. The van der Waals surface area contributed by atoms with Gasteiger partial charge in [0.25, 0.3) is 5.91 Å². The summed E-state index contributed by atoms with van der Waals surface area (Å²) in [4.78, 5) is 27.2. The Labute approximate surface area is 316 Å². The standard InChI is InChI=1S/C43H55NO2S4/c1-7-11-13-29(9-3)25-31-17-18-32(33-21-22-36(49-33)34-19-15-27(5)47-34)39-40(42(31)45)41(44(43(39)46)26-30(10-4)14-12-8-2)38-24-23-37(50-38)35-20-16-28(6)48-35/h15-16,19-24,29-31,42,45H,7-14,17-18,25-26H2,1-6H3. The van der Waals surface area contributed by atoms with Crippen molar-refractivity contribution in [2.45, 2.75) is 118 Å². The van der Waals surface area contributed by atoms with Crippen molar-refractivity contribution in [1.29, 1.82) is 0 Å². The van der Waals surface area contributed by atoms with E-state index in [0.29, 0.717) is 18.4 Å². The zero-order chi connectivity index (χ0) is 35.4. The van der Waals surface area contributed by atoms with E-state index in [9.17, 15) is 5.11 Å². The van der Waals surface area contributed by atoms with Crippen LogP contribution in [0.5, 0.6) is 0 Å². The summed E-state index contributed by atoms with van der Waals surface area (Å²) in [5.41, 5.74) is 3.82. The van der Waals surface area contributed by atoms with E-state index in [1.165, 1.54) is 59.8 Å². The van der Waals surface area contributed by atoms with E-state index in [2.05, 4.69) is 95.0 Å². The topological polar surface area (TPSA) is 40.5 Å². The number of rotatable bonds is 16. The minimum atomic E-state index is -0.674. The van der Waals surface area contributed by atoms with Crippen LogP contribution in [-0.4, -0.2) is 28.6 Å². The van der Waals surface area contributed by atoms with Crippen molar-refractivity contribution in [2.24, 2.45) is 17.8 Å². The third-order valence-corrected chi connectivity index (χ3v) is 15.6. The van der Waals surface area contributed by atoms with Crippen molar-refractivity contribution in [2.75, 3.05) is 6.54 Å². The van der Waals surface area contributed by atoms with Gasteiger partial charge in [0.15, 0.2) is 0 Å². The number of fused-ring (bicyclic) bond motifs is 1. The highest BCUT2D eigenvalue weighted by Gasteiger charge is 2.45. The molecule has 1 aliphatic carbocycles. The van der Waals surface area contributed by atoms with Gasteiger partial charge in [-0.2, -0.15) is 0 Å². The van der Waals surface area contributed by atoms with Crippen LogP contribution in [0.1, 0.15) is 118 Å². The van der Waals surface area contributed by atoms with E-state index in [-0.39, 0.29) is 11.8 Å². The summed E-state index contributed by atoms with van der Waals surface area (Å²) in [5, 5.41) is 12.7. The molecule has 0 aromatic carbocycles. The Morgan fingerprint density at radius 1 is 0.720 bits per heavy atom. The lowest BCUT2D eigenvalue weighted by Gasteiger charge is -2.28. The van der Waals surface area contributed by atoms with Gasteiger partial charge >= 0.3 is 0 Å². The second-order valence-electron chi connectivity index (χ2n) is 14.5. The van der Waals surface area contributed by atoms with Gasteiger partial charge in [-0.3, -0.25) is 4.79 Å². The van der Waals surface area contributed by atoms with Gasteiger partial charge in [-0.15, -0.1) is 45.3 Å². The summed E-state index contributed by atoms with van der Waals surface area (Å²) in [7, 11) is 0. The molecule has 0 saturated carbocycles. The maximum atomic E-state index is 15.1. The maximum Gasteiger partial charge on any atom is 0.259 e. The molecule has 0 spiro atoms. The number of thiophene rings is 4. The number of carbonyl (C=O) groups is 1. The van der Waals surface area contributed by atoms with E-state index in [1.807, 2.05) is 34.0 Å². The molecule has 1 amide bonds. The highest BCUT2D eigenvalue weighted by molar-refractivity contribution is 7.23. The highest BCUT2D eigenvalue weighted by Crippen LogP contribution is 2.51. The molecule has 3 nitrogen and oxygen atoms in total. The molecular formula is C43H55NO2S4. The van der Waals surface area contributed by atoms with Gasteiger partial charge in [-0.25, -0.2) is 0 Å². The fourth-order valence-electron chi connectivity index (χ4n) is 7.93. The van der Waals surface area contributed by atoms with Crippen LogP contribution in [0.15, 0.2) is 59.7 Å². The first-order chi connectivity index (χ1) is 24.3. The summed E-state index contributed by atoms with van der Waals surface area (Å²) >= 11 is 7.24. The first-order valence-corrected chi connectivity index (χ1v) is 22.3. The molecule has 0 radical (unpaired) electrons. The van der Waals surface area contributed by atoms with Crippen LogP contribution in [-0.2, 0) is 4.79 Å². The molecule has 50 heavy (non-hydrogen) atoms. The first kappa shape index (κ1) is 37.5. The van der Waals surface area contributed by atoms with Crippen molar-refractivity contribution in [1.82, 2.24) is 4.90 Å². The third kappa shape index (κ3) is 8.02. The first-order valence-electron chi connectivity index (χ1n) is 19.1. The van der Waals surface area contributed by atoms with Crippen LogP contribution < -0.4 is 0 Å². The number of nitrogens with zero attached hydrogens (tertiary/aromatic N) is 1. The molecule has 1 aliphatic heterocycles. The summed E-state index contributed by atoms with van der Waals surface area (Å²) in [5.74, 6) is 1.22. The Balaban J connectivity index is 1.52. The number of aryl methyl sites for hydroxylation is 2. The number of hydrogen-bond acceptors (Lipinski definition) is 6. The molecule has 5 heterocycles. The van der Waals surface area contributed by atoms with Crippen LogP contribution in [0.25, 0.3) is 30.8 Å². The molecule has 4 aromatic heterocycles. The highest BCUT2D eigenvalue weighted by atomic mass is 32.1. The van der Waals surface area contributed by atoms with Crippen LogP contribution in [0.2, 0.25) is 0 Å². The van der Waals surface area contributed by atoms with Gasteiger partial charge in [0.1, 0.15) is 0 Å². The Morgan fingerprint density at radius 2 is 1.24 bits per heavy atom. The Bertz CT molecular complexity index is 1810. The van der Waals surface area contributed by atoms with Crippen molar-refractivity contribution in [3.8, 4) is 19.5 Å². The van der Waals surface area contributed by atoms with E-state index >= 15 is 4.79 Å². The lowest BCUT2D eigenvalue weighted by atomic mass is 9.81. The fourth-order valence-corrected chi connectivity index (χ4v) is 12.0. The number of aliphatic hydroxyl groups is 1. The molecule has 1 N–H and O–H groups in total. The minimum Gasteiger partial charge on any atom is -0.388 e. The monoisotopic (exact) mass is 745 g/mol. The van der Waals surface area contributed by atoms with E-state index in [1.54, 1.807) is 11.3 Å². The average molecular weight is 746 g/mol. The van der Waals surface area contributed by atoms with Gasteiger partial charge in [0.2, 0.25) is 0 Å². The van der Waals surface area contributed by atoms with Gasteiger partial charge < -0.3 is 10.0 Å². The van der Waals surface area contributed by atoms with Crippen molar-refractivity contribution in [3.63, 3.8) is 0 Å². The SMILES string of the molecule is CCCCC(CC)CC1CCC(c2ccc(-c3ccc(C)s3)s2)=C2C(=O)N(CC(CC)CCCC)C(c3ccc(-c4ccc(C)s4)s3)=C2C1O. The molecular weight excluding hydrogens is 691 g/mol. The molecule has 0 fully saturated rings. The molecule has 268 valence electrons. The minimum absolute atomic E-state index is 0.0986. The molecule has 0 bridgehead atoms. The molecule has 4 unspecified atom stereocenters. The Kier molecular flexibility index (Phi) is 12.8. The molecule has 2 aliphatic rings. The average Bonchev–Trinajstić information content (AvgIpc) is 3.96. The van der Waals surface area contributed by atoms with Gasteiger partial charge in [-0.1, -0.05) is 72.6 Å². The summed E-state index contributed by atoms with van der Waals surface area (Å²) in [6, 6.07) is 17.7. The molecule has 4 aromatic rings. The second-order valence-corrected chi connectivity index (χ2v) is 19.2. The quantitative estimate of drug-likeness (QED) is 0.124. The van der Waals surface area contributed by atoms with Crippen LogP contribution in [0.4, 0.5) is 0 Å². The predicted molar refractivity (Wildman–Crippen MR) is 220 cm³/mol. The van der Waals surface area contributed by atoms with Crippen LogP contribution in [0.3, 0.4) is 0 Å². The van der Waals surface area contributed by atoms with Crippen molar-refractivity contribution < 1.29 is 9.90 Å². The lowest BCUT2D eigenvalue weighted by Crippen LogP contribution is -2.31. The maximum absolute atomic E-state index is 15.1. The molecule has 0 saturated heterocycles. The van der Waals surface area contributed by atoms with E-state index in [0.717, 1.165) is 72.2 Å². The lowest BCUT2D eigenvalue weighted by molar-refractivity contribution is -0.123. The van der Waals surface area contributed by atoms with Gasteiger partial charge in [-0.05, 0) is 111 Å². The summed E-state index contributed by atoms with van der Waals surface area (Å²) in [6.07, 6.45) is 11.3. The van der Waals surface area contributed by atoms with Gasteiger partial charge in [0.05, 0.1) is 22.3 Å². The van der Waals surface area contributed by atoms with Gasteiger partial charge in [0, 0.05) is 46.3 Å². The van der Waals surface area contributed by atoms with Crippen LogP contribution in [0, 0.1) is 31.6 Å². The molecule has 7 heteroatoms. The normalized spacial score (nSPS) is 19.4. The predicted octanol–water partition coefficient (Wildman–Crippen LogP) is 13.5. The zero-order valence-electron chi connectivity index (χ0n) is 30.8.